The van der Waals surface area contributed by atoms with E-state index < -0.39 is 0 Å². The zero-order valence-corrected chi connectivity index (χ0v) is 17.8. The molecule has 0 saturated carbocycles. The summed E-state index contributed by atoms with van der Waals surface area (Å²) in [5.41, 5.74) is 3.76. The first-order valence-corrected chi connectivity index (χ1v) is 11.2. The van der Waals surface area contributed by atoms with Gasteiger partial charge in [0.05, 0.1) is 32.8 Å². The van der Waals surface area contributed by atoms with E-state index in [1.807, 2.05) is 47.4 Å². The second-order valence-corrected chi connectivity index (χ2v) is 8.48. The Morgan fingerprint density at radius 2 is 1.84 bits per heavy atom. The predicted octanol–water partition coefficient (Wildman–Crippen LogP) is 2.74. The van der Waals surface area contributed by atoms with Gasteiger partial charge >= 0.3 is 0 Å². The highest BCUT2D eigenvalue weighted by Crippen LogP contribution is 2.25. The Labute approximate surface area is 183 Å². The maximum absolute atomic E-state index is 12.7. The highest BCUT2D eigenvalue weighted by atomic mass is 16.5. The Hall–Kier alpha value is -3.05. The van der Waals surface area contributed by atoms with Crippen LogP contribution in [-0.2, 0) is 24.2 Å². The van der Waals surface area contributed by atoms with Crippen LogP contribution in [0.3, 0.4) is 0 Å². The largest absolute Gasteiger partial charge is 0.493 e. The molecule has 1 aromatic heterocycles. The van der Waals surface area contributed by atoms with Gasteiger partial charge in [-0.05, 0) is 35.9 Å². The number of ether oxygens (including phenoxy) is 1. The molecule has 5 heteroatoms. The molecule has 2 aromatic carbocycles. The minimum Gasteiger partial charge on any atom is -0.493 e. The molecule has 0 aliphatic carbocycles. The number of rotatable bonds is 6. The van der Waals surface area contributed by atoms with Gasteiger partial charge in [0.2, 0.25) is 5.91 Å². The smallest absolute Gasteiger partial charge is 0.223 e. The second kappa shape index (κ2) is 8.98. The van der Waals surface area contributed by atoms with Crippen LogP contribution >= 0.6 is 0 Å². The molecule has 3 aromatic rings. The van der Waals surface area contributed by atoms with E-state index in [-0.39, 0.29) is 5.91 Å². The normalized spacial score (nSPS) is 16.2. The van der Waals surface area contributed by atoms with Gasteiger partial charge in [-0.25, -0.2) is 0 Å². The number of hydrogen-bond donors (Lipinski definition) is 1. The predicted molar refractivity (Wildman–Crippen MR) is 119 cm³/mol. The molecular formula is C26H29N2O3+. The van der Waals surface area contributed by atoms with Gasteiger partial charge in [-0.2, -0.15) is 0 Å². The summed E-state index contributed by atoms with van der Waals surface area (Å²) < 4.78 is 11.5. The molecule has 3 heterocycles. The van der Waals surface area contributed by atoms with Crippen LogP contribution in [-0.4, -0.2) is 43.6 Å². The molecule has 2 aliphatic rings. The number of aryl methyl sites for hydroxylation is 1. The van der Waals surface area contributed by atoms with Crippen molar-refractivity contribution in [2.75, 3.05) is 32.8 Å². The van der Waals surface area contributed by atoms with Gasteiger partial charge in [0.25, 0.3) is 0 Å². The van der Waals surface area contributed by atoms with Crippen LogP contribution in [0.1, 0.15) is 23.3 Å². The van der Waals surface area contributed by atoms with Gasteiger partial charge in [-0.15, -0.1) is 0 Å². The molecule has 0 radical (unpaired) electrons. The lowest BCUT2D eigenvalue weighted by molar-refractivity contribution is -0.917. The molecule has 1 amide bonds. The highest BCUT2D eigenvalue weighted by Gasteiger charge is 2.24. The molecule has 31 heavy (non-hydrogen) atoms. The average molecular weight is 418 g/mol. The fourth-order valence-corrected chi connectivity index (χ4v) is 4.55. The third-order valence-corrected chi connectivity index (χ3v) is 6.34. The van der Waals surface area contributed by atoms with Crippen LogP contribution in [0, 0.1) is 0 Å². The summed E-state index contributed by atoms with van der Waals surface area (Å²) in [4.78, 5) is 16.3. The van der Waals surface area contributed by atoms with E-state index in [1.54, 1.807) is 4.90 Å². The lowest BCUT2D eigenvalue weighted by Gasteiger charge is -2.32. The van der Waals surface area contributed by atoms with Crippen molar-refractivity contribution in [3.63, 3.8) is 0 Å². The van der Waals surface area contributed by atoms with E-state index in [1.165, 1.54) is 11.1 Å². The number of carbonyl (C=O) groups excluding carboxylic acids is 1. The van der Waals surface area contributed by atoms with Gasteiger partial charge in [-0.3, -0.25) is 4.79 Å². The van der Waals surface area contributed by atoms with E-state index in [2.05, 4.69) is 18.2 Å². The lowest BCUT2D eigenvalue weighted by atomic mass is 10.1. The van der Waals surface area contributed by atoms with Crippen LogP contribution in [0.5, 0.6) is 5.75 Å². The summed E-state index contributed by atoms with van der Waals surface area (Å²) >= 11 is 0. The number of piperazine rings is 1. The van der Waals surface area contributed by atoms with Gasteiger partial charge in [0.1, 0.15) is 23.8 Å². The number of quaternary nitrogens is 1. The maximum Gasteiger partial charge on any atom is 0.223 e. The zero-order valence-electron chi connectivity index (χ0n) is 17.8. The number of carbonyl (C=O) groups is 1. The first-order chi connectivity index (χ1) is 15.2. The minimum atomic E-state index is 0.228. The average Bonchev–Trinajstić information content (AvgIpc) is 3.48. The number of furan rings is 1. The maximum atomic E-state index is 12.7. The number of fused-ring (bicyclic) bond motifs is 1. The van der Waals surface area contributed by atoms with Crippen LogP contribution in [0.2, 0.25) is 0 Å². The van der Waals surface area contributed by atoms with Crippen molar-refractivity contribution >= 4 is 5.91 Å². The Bertz CT molecular complexity index is 1040. The first-order valence-electron chi connectivity index (χ1n) is 11.2. The number of benzene rings is 2. The number of amides is 1. The highest BCUT2D eigenvalue weighted by molar-refractivity contribution is 5.76. The molecule has 5 nitrogen and oxygen atoms in total. The standard InChI is InChI=1S/C26H28N2O3/c29-26(11-8-23-7-10-25(31-23)21-4-2-1-3-5-21)28-15-13-27(14-16-28)19-20-6-9-24-22(18-20)12-17-30-24/h1-7,9-10,18H,8,11-17,19H2/p+1. The van der Waals surface area contributed by atoms with Gasteiger partial charge in [-0.1, -0.05) is 30.3 Å². The summed E-state index contributed by atoms with van der Waals surface area (Å²) in [6, 6.07) is 20.6. The van der Waals surface area contributed by atoms with Crippen molar-refractivity contribution < 1.29 is 18.8 Å². The molecule has 0 bridgehead atoms. The van der Waals surface area contributed by atoms with Crippen molar-refractivity contribution in [3.05, 3.63) is 77.6 Å². The SMILES string of the molecule is O=C(CCc1ccc(-c2ccccc2)o1)N1CC[NH+](Cc2ccc3c(c2)CCO3)CC1. The molecule has 1 N–H and O–H groups in total. The monoisotopic (exact) mass is 417 g/mol. The molecule has 1 saturated heterocycles. The molecule has 0 unspecified atom stereocenters. The van der Waals surface area contributed by atoms with Crippen molar-refractivity contribution in [1.29, 1.82) is 0 Å². The van der Waals surface area contributed by atoms with Gasteiger partial charge in [0, 0.05) is 30.4 Å². The van der Waals surface area contributed by atoms with Crippen LogP contribution in [0.25, 0.3) is 11.3 Å². The third kappa shape index (κ3) is 4.67. The summed E-state index contributed by atoms with van der Waals surface area (Å²) in [6.07, 6.45) is 2.17. The molecule has 5 rings (SSSR count). The second-order valence-electron chi connectivity index (χ2n) is 8.48. The van der Waals surface area contributed by atoms with E-state index in [4.69, 9.17) is 9.15 Å². The van der Waals surface area contributed by atoms with Crippen molar-refractivity contribution in [2.24, 2.45) is 0 Å². The van der Waals surface area contributed by atoms with Crippen LogP contribution in [0.4, 0.5) is 0 Å². The van der Waals surface area contributed by atoms with Crippen molar-refractivity contribution in [3.8, 4) is 17.1 Å². The molecular weight excluding hydrogens is 388 g/mol. The van der Waals surface area contributed by atoms with E-state index in [9.17, 15) is 4.79 Å². The zero-order chi connectivity index (χ0) is 21.0. The molecule has 0 atom stereocenters. The fourth-order valence-electron chi connectivity index (χ4n) is 4.55. The van der Waals surface area contributed by atoms with E-state index in [0.29, 0.717) is 12.8 Å². The Morgan fingerprint density at radius 1 is 1.00 bits per heavy atom. The van der Waals surface area contributed by atoms with Crippen molar-refractivity contribution in [1.82, 2.24) is 4.90 Å². The quantitative estimate of drug-likeness (QED) is 0.671. The number of nitrogens with zero attached hydrogens (tertiary/aromatic N) is 1. The topological polar surface area (TPSA) is 47.1 Å². The lowest BCUT2D eigenvalue weighted by Crippen LogP contribution is -3.13. The minimum absolute atomic E-state index is 0.228. The summed E-state index contributed by atoms with van der Waals surface area (Å²) in [5, 5.41) is 0. The van der Waals surface area contributed by atoms with Gasteiger partial charge in [0.15, 0.2) is 0 Å². The molecule has 160 valence electrons. The molecule has 0 spiro atoms. The first kappa shape index (κ1) is 19.9. The Kier molecular flexibility index (Phi) is 5.76. The molecule has 2 aliphatic heterocycles. The third-order valence-electron chi connectivity index (χ3n) is 6.34. The van der Waals surface area contributed by atoms with E-state index in [0.717, 1.165) is 68.6 Å². The van der Waals surface area contributed by atoms with Gasteiger partial charge < -0.3 is 19.0 Å². The van der Waals surface area contributed by atoms with Crippen LogP contribution < -0.4 is 9.64 Å². The molecule has 1 fully saturated rings. The summed E-state index contributed by atoms with van der Waals surface area (Å²) in [6.45, 7) is 5.48. The van der Waals surface area contributed by atoms with Crippen LogP contribution in [0.15, 0.2) is 65.1 Å². The Balaban J connectivity index is 1.08. The Morgan fingerprint density at radius 3 is 2.68 bits per heavy atom. The summed E-state index contributed by atoms with van der Waals surface area (Å²) in [5.74, 6) is 3.00. The van der Waals surface area contributed by atoms with Crippen molar-refractivity contribution in [2.45, 2.75) is 25.8 Å². The van der Waals surface area contributed by atoms with E-state index >= 15 is 0 Å². The number of nitrogens with one attached hydrogen (secondary N) is 1. The summed E-state index contributed by atoms with van der Waals surface area (Å²) in [7, 11) is 0. The fraction of sp³-hybridized carbons (Fsp3) is 0.346. The number of hydrogen-bond acceptors (Lipinski definition) is 3.